The highest BCUT2D eigenvalue weighted by atomic mass is 31.2. The number of amides is 1. The number of nitrogens with one attached hydrogen (secondary N) is 1. The number of nitrogens with zero attached hydrogens (tertiary/aromatic N) is 1. The lowest BCUT2D eigenvalue weighted by Crippen LogP contribution is -2.47. The van der Waals surface area contributed by atoms with E-state index in [4.69, 9.17) is 13.8 Å². The normalized spacial score (nSPS) is 14.2. The molecule has 0 aromatic heterocycles. The molecule has 0 aliphatic heterocycles. The Labute approximate surface area is 426 Å². The third-order valence-electron chi connectivity index (χ3n) is 12.5. The smallest absolute Gasteiger partial charge is 0.456 e. The Morgan fingerprint density at radius 1 is 0.522 bits per heavy atom. The number of phosphoric acid groups is 1. The lowest BCUT2D eigenvalue weighted by Gasteiger charge is -2.27. The highest BCUT2D eigenvalue weighted by molar-refractivity contribution is 7.47. The first-order valence-corrected chi connectivity index (χ1v) is 30.1. The van der Waals surface area contributed by atoms with Crippen LogP contribution in [0.1, 0.15) is 252 Å². The van der Waals surface area contributed by atoms with Gasteiger partial charge in [-0.15, -0.1) is 0 Å². The number of quaternary nitrogens is 1. The highest BCUT2D eigenvalue weighted by Crippen LogP contribution is 2.43. The van der Waals surface area contributed by atoms with Gasteiger partial charge in [0.15, 0.2) is 0 Å². The van der Waals surface area contributed by atoms with Crippen LogP contribution in [0.15, 0.2) is 60.8 Å². The van der Waals surface area contributed by atoms with Gasteiger partial charge in [0.05, 0.1) is 33.8 Å². The number of carbonyl (C=O) groups is 2. The lowest BCUT2D eigenvalue weighted by molar-refractivity contribution is -0.870. The molecular weight excluding hydrogens is 880 g/mol. The fourth-order valence-corrected chi connectivity index (χ4v) is 8.79. The molecule has 0 fully saturated rings. The average Bonchev–Trinajstić information content (AvgIpc) is 3.31. The second-order valence-electron chi connectivity index (χ2n) is 20.5. The van der Waals surface area contributed by atoms with E-state index >= 15 is 0 Å². The van der Waals surface area contributed by atoms with Crippen LogP contribution >= 0.6 is 7.82 Å². The molecule has 0 aliphatic carbocycles. The minimum atomic E-state index is -4.45. The molecule has 2 N–H and O–H groups in total. The van der Waals surface area contributed by atoms with E-state index < -0.39 is 20.0 Å². The summed E-state index contributed by atoms with van der Waals surface area (Å²) in [5.74, 6) is -0.522. The Morgan fingerprint density at radius 2 is 0.942 bits per heavy atom. The van der Waals surface area contributed by atoms with Crippen LogP contribution in [-0.2, 0) is 27.9 Å². The van der Waals surface area contributed by atoms with Crippen molar-refractivity contribution in [3.63, 3.8) is 0 Å². The maximum atomic E-state index is 13.5. The summed E-state index contributed by atoms with van der Waals surface area (Å²) in [5.41, 5.74) is 0. The number of carbonyl (C=O) groups excluding carboxylic acids is 2. The molecule has 3 unspecified atom stereocenters. The molecule has 0 radical (unpaired) electrons. The van der Waals surface area contributed by atoms with Gasteiger partial charge < -0.3 is 19.4 Å². The summed E-state index contributed by atoms with van der Waals surface area (Å²) < 4.78 is 30.6. The molecule has 0 aromatic rings. The predicted octanol–water partition coefficient (Wildman–Crippen LogP) is 17.1. The molecule has 0 bridgehead atoms. The predicted molar refractivity (Wildman–Crippen MR) is 295 cm³/mol. The fraction of sp³-hybridized carbons (Fsp3) is 0.797. The Balaban J connectivity index is 5.40. The van der Waals surface area contributed by atoms with Crippen molar-refractivity contribution in [3.8, 4) is 0 Å². The Bertz CT molecular complexity index is 1370. The number of hydrogen-bond acceptors (Lipinski definition) is 6. The van der Waals surface area contributed by atoms with Gasteiger partial charge in [-0.1, -0.05) is 223 Å². The molecule has 69 heavy (non-hydrogen) atoms. The van der Waals surface area contributed by atoms with Gasteiger partial charge >= 0.3 is 13.8 Å². The molecule has 402 valence electrons. The molecule has 1 amide bonds. The number of ether oxygens (including phenoxy) is 1. The molecule has 0 heterocycles. The standard InChI is InChI=1S/C59H109N2O7P/c1-7-10-13-16-19-22-25-28-30-33-36-39-42-45-48-51-58(62)60-56(55-67-69(64,65)66-54-53-61(4,5)6)57(50-47-44-41-38-35-32-27-24-21-18-15-12-9-3)68-59(63)52-49-46-43-40-37-34-31-29-26-23-20-17-14-11-8-2/h11,14,17,20,22-23,25-26,47,50,56-57H,7-10,12-13,15-16,18-19,21,24,27-46,48-49,51-55H2,1-6H3,(H-,60,62,64,65)/p+1/b14-11+,20-17+,25-22-,26-23+,50-47+. The third kappa shape index (κ3) is 50.4. The van der Waals surface area contributed by atoms with Gasteiger partial charge in [0.1, 0.15) is 19.3 Å². The summed E-state index contributed by atoms with van der Waals surface area (Å²) in [6.45, 7) is 6.86. The van der Waals surface area contributed by atoms with E-state index in [1.807, 2.05) is 33.3 Å². The molecule has 0 spiro atoms. The summed E-state index contributed by atoms with van der Waals surface area (Å²) in [6.07, 6.45) is 60.6. The van der Waals surface area contributed by atoms with Gasteiger partial charge in [-0.3, -0.25) is 18.6 Å². The number of hydrogen-bond donors (Lipinski definition) is 2. The van der Waals surface area contributed by atoms with E-state index in [0.717, 1.165) is 89.9 Å². The van der Waals surface area contributed by atoms with E-state index in [2.05, 4.69) is 74.7 Å². The molecule has 0 aromatic carbocycles. The van der Waals surface area contributed by atoms with Crippen LogP contribution in [0.3, 0.4) is 0 Å². The van der Waals surface area contributed by atoms with Crippen LogP contribution in [0.5, 0.6) is 0 Å². The van der Waals surface area contributed by atoms with Gasteiger partial charge in [0.25, 0.3) is 0 Å². The number of phosphoric ester groups is 1. The Hall–Kier alpha value is -2.29. The van der Waals surface area contributed by atoms with Crippen molar-refractivity contribution < 1.29 is 37.3 Å². The van der Waals surface area contributed by atoms with Crippen molar-refractivity contribution >= 4 is 19.7 Å². The van der Waals surface area contributed by atoms with Gasteiger partial charge in [0, 0.05) is 12.8 Å². The molecule has 0 saturated carbocycles. The molecule has 10 heteroatoms. The van der Waals surface area contributed by atoms with Crippen LogP contribution in [0.2, 0.25) is 0 Å². The number of likely N-dealkylation sites (N-methyl/N-ethyl adjacent to an activating group) is 1. The number of allylic oxidation sites excluding steroid dienone is 9. The largest absolute Gasteiger partial charge is 0.472 e. The zero-order valence-electron chi connectivity index (χ0n) is 45.8. The van der Waals surface area contributed by atoms with Gasteiger partial charge in [-0.25, -0.2) is 4.57 Å². The molecule has 0 rings (SSSR count). The van der Waals surface area contributed by atoms with Gasteiger partial charge in [0.2, 0.25) is 5.91 Å². The summed E-state index contributed by atoms with van der Waals surface area (Å²) >= 11 is 0. The van der Waals surface area contributed by atoms with Crippen molar-refractivity contribution in [2.45, 2.75) is 264 Å². The second-order valence-corrected chi connectivity index (χ2v) is 21.9. The number of rotatable bonds is 51. The van der Waals surface area contributed by atoms with Crippen LogP contribution in [0, 0.1) is 0 Å². The monoisotopic (exact) mass is 990 g/mol. The van der Waals surface area contributed by atoms with Crippen molar-refractivity contribution in [1.29, 1.82) is 0 Å². The minimum Gasteiger partial charge on any atom is -0.456 e. The Kier molecular flexibility index (Phi) is 47.7. The van der Waals surface area contributed by atoms with Crippen LogP contribution in [-0.4, -0.2) is 74.3 Å². The van der Waals surface area contributed by atoms with E-state index in [1.165, 1.54) is 128 Å². The topological polar surface area (TPSA) is 111 Å². The summed E-state index contributed by atoms with van der Waals surface area (Å²) in [7, 11) is 1.48. The third-order valence-corrected chi connectivity index (χ3v) is 13.5. The van der Waals surface area contributed by atoms with E-state index in [0.29, 0.717) is 17.4 Å². The first kappa shape index (κ1) is 66.7. The van der Waals surface area contributed by atoms with Crippen LogP contribution in [0.25, 0.3) is 0 Å². The second kappa shape index (κ2) is 49.3. The Morgan fingerprint density at radius 3 is 1.43 bits per heavy atom. The van der Waals surface area contributed by atoms with Crippen LogP contribution < -0.4 is 5.32 Å². The number of esters is 1. The SMILES string of the molecule is CC/C=C/C=C/C=C/CCCCCCCCCC(=O)OC(/C=C/CCCCCCCCCCCCC)C(COP(=O)(O)OCC[N+](C)(C)C)NC(=O)CCCCCCCCC/C=C\CCCCCC. The average molecular weight is 991 g/mol. The van der Waals surface area contributed by atoms with Gasteiger partial charge in [-0.2, -0.15) is 0 Å². The molecule has 9 nitrogen and oxygen atoms in total. The van der Waals surface area contributed by atoms with Crippen molar-refractivity contribution in [3.05, 3.63) is 60.8 Å². The van der Waals surface area contributed by atoms with E-state index in [1.54, 1.807) is 0 Å². The van der Waals surface area contributed by atoms with E-state index in [9.17, 15) is 19.0 Å². The maximum Gasteiger partial charge on any atom is 0.472 e. The molecule has 0 aliphatic rings. The summed E-state index contributed by atoms with van der Waals surface area (Å²) in [5, 5.41) is 3.04. The minimum absolute atomic E-state index is 0.0361. The first-order chi connectivity index (χ1) is 33.4. The molecule has 0 saturated heterocycles. The summed E-state index contributed by atoms with van der Waals surface area (Å²) in [6, 6.07) is -0.855. The molecule has 3 atom stereocenters. The van der Waals surface area contributed by atoms with Crippen molar-refractivity contribution in [2.24, 2.45) is 0 Å². The molecular formula is C59H110N2O7P+. The van der Waals surface area contributed by atoms with Gasteiger partial charge in [-0.05, 0) is 76.7 Å². The first-order valence-electron chi connectivity index (χ1n) is 28.6. The maximum absolute atomic E-state index is 13.5. The quantitative estimate of drug-likeness (QED) is 0.0156. The zero-order valence-corrected chi connectivity index (χ0v) is 46.7. The highest BCUT2D eigenvalue weighted by Gasteiger charge is 2.30. The lowest BCUT2D eigenvalue weighted by atomic mass is 10.0. The number of unbranched alkanes of at least 4 members (excludes halogenated alkanes) is 29. The van der Waals surface area contributed by atoms with Crippen molar-refractivity contribution in [1.82, 2.24) is 5.32 Å². The van der Waals surface area contributed by atoms with Crippen molar-refractivity contribution in [2.75, 3.05) is 40.9 Å². The summed E-state index contributed by atoms with van der Waals surface area (Å²) in [4.78, 5) is 37.6. The zero-order chi connectivity index (χ0) is 50.8. The van der Waals surface area contributed by atoms with E-state index in [-0.39, 0.29) is 31.5 Å². The van der Waals surface area contributed by atoms with Crippen LogP contribution in [0.4, 0.5) is 0 Å². The fourth-order valence-electron chi connectivity index (χ4n) is 8.05.